The molecule has 1 atom stereocenters. The van der Waals surface area contributed by atoms with Crippen molar-refractivity contribution in [3.05, 3.63) is 30.1 Å². The van der Waals surface area contributed by atoms with Gasteiger partial charge in [0.2, 0.25) is 0 Å². The highest BCUT2D eigenvalue weighted by Gasteiger charge is 2.13. The SMILES string of the molecule is CC(CCc1nc2ccccc2n1C)CNC(C)(C)C. The smallest absolute Gasteiger partial charge is 0.109 e. The average Bonchev–Trinajstić information content (AvgIpc) is 2.71. The molecule has 2 aromatic rings. The Hall–Kier alpha value is -1.35. The van der Waals surface area contributed by atoms with Crippen molar-refractivity contribution in [2.24, 2.45) is 13.0 Å². The first-order valence-corrected chi connectivity index (χ1v) is 7.52. The lowest BCUT2D eigenvalue weighted by atomic mass is 10.0. The monoisotopic (exact) mass is 273 g/mol. The van der Waals surface area contributed by atoms with Crippen LogP contribution in [0.5, 0.6) is 0 Å². The van der Waals surface area contributed by atoms with Crippen LogP contribution in [0.15, 0.2) is 24.3 Å². The molecule has 20 heavy (non-hydrogen) atoms. The van der Waals surface area contributed by atoms with Gasteiger partial charge in [0, 0.05) is 19.0 Å². The van der Waals surface area contributed by atoms with Gasteiger partial charge in [0.05, 0.1) is 11.0 Å². The first kappa shape index (κ1) is 15.0. The van der Waals surface area contributed by atoms with Gasteiger partial charge in [-0.25, -0.2) is 4.98 Å². The Morgan fingerprint density at radius 2 is 1.95 bits per heavy atom. The van der Waals surface area contributed by atoms with E-state index in [4.69, 9.17) is 4.98 Å². The molecule has 0 spiro atoms. The summed E-state index contributed by atoms with van der Waals surface area (Å²) in [5.41, 5.74) is 2.53. The van der Waals surface area contributed by atoms with Gasteiger partial charge in [-0.05, 0) is 51.8 Å². The molecule has 110 valence electrons. The van der Waals surface area contributed by atoms with E-state index in [0.717, 1.165) is 18.5 Å². The molecule has 1 heterocycles. The minimum atomic E-state index is 0.201. The van der Waals surface area contributed by atoms with Gasteiger partial charge in [-0.15, -0.1) is 0 Å². The van der Waals surface area contributed by atoms with Gasteiger partial charge >= 0.3 is 0 Å². The van der Waals surface area contributed by atoms with Crippen molar-refractivity contribution in [2.75, 3.05) is 6.54 Å². The lowest BCUT2D eigenvalue weighted by molar-refractivity contribution is 0.371. The van der Waals surface area contributed by atoms with E-state index >= 15 is 0 Å². The number of hydrogen-bond donors (Lipinski definition) is 1. The van der Waals surface area contributed by atoms with Crippen LogP contribution in [-0.4, -0.2) is 21.6 Å². The molecule has 0 bridgehead atoms. The number of para-hydroxylation sites is 2. The highest BCUT2D eigenvalue weighted by atomic mass is 15.1. The molecule has 2 rings (SSSR count). The van der Waals surface area contributed by atoms with E-state index in [0.29, 0.717) is 5.92 Å². The molecule has 0 aliphatic rings. The van der Waals surface area contributed by atoms with E-state index < -0.39 is 0 Å². The molecule has 1 unspecified atom stereocenters. The van der Waals surface area contributed by atoms with Crippen molar-refractivity contribution in [3.63, 3.8) is 0 Å². The van der Waals surface area contributed by atoms with Crippen molar-refractivity contribution in [1.82, 2.24) is 14.9 Å². The normalized spacial score (nSPS) is 13.8. The number of fused-ring (bicyclic) bond motifs is 1. The molecule has 3 heteroatoms. The summed E-state index contributed by atoms with van der Waals surface area (Å²) >= 11 is 0. The molecule has 0 fully saturated rings. The van der Waals surface area contributed by atoms with Gasteiger partial charge in [-0.2, -0.15) is 0 Å². The molecule has 0 aliphatic heterocycles. The second-order valence-corrected chi connectivity index (χ2v) is 6.85. The molecule has 0 radical (unpaired) electrons. The van der Waals surface area contributed by atoms with Crippen LogP contribution >= 0.6 is 0 Å². The standard InChI is InChI=1S/C17H27N3/c1-13(12-18-17(2,3)4)10-11-16-19-14-8-6-7-9-15(14)20(16)5/h6-9,13,18H,10-12H2,1-5H3. The minimum Gasteiger partial charge on any atom is -0.331 e. The van der Waals surface area contributed by atoms with Crippen LogP contribution in [0.25, 0.3) is 11.0 Å². The summed E-state index contributed by atoms with van der Waals surface area (Å²) in [4.78, 5) is 4.74. The number of nitrogens with zero attached hydrogens (tertiary/aromatic N) is 2. The van der Waals surface area contributed by atoms with E-state index in [-0.39, 0.29) is 5.54 Å². The van der Waals surface area contributed by atoms with Crippen molar-refractivity contribution in [2.45, 2.75) is 46.1 Å². The zero-order valence-electron chi connectivity index (χ0n) is 13.4. The van der Waals surface area contributed by atoms with Gasteiger partial charge < -0.3 is 9.88 Å². The maximum absolute atomic E-state index is 4.74. The molecule has 0 amide bonds. The van der Waals surface area contributed by atoms with Crippen LogP contribution in [-0.2, 0) is 13.5 Å². The van der Waals surface area contributed by atoms with Gasteiger partial charge in [-0.3, -0.25) is 0 Å². The Morgan fingerprint density at radius 1 is 1.25 bits per heavy atom. The van der Waals surface area contributed by atoms with Crippen LogP contribution < -0.4 is 5.32 Å². The number of rotatable bonds is 5. The number of benzene rings is 1. The van der Waals surface area contributed by atoms with Crippen molar-refractivity contribution < 1.29 is 0 Å². The van der Waals surface area contributed by atoms with Crippen LogP contribution in [0.2, 0.25) is 0 Å². The Labute approximate surface area is 122 Å². The summed E-state index contributed by atoms with van der Waals surface area (Å²) in [6, 6.07) is 8.35. The minimum absolute atomic E-state index is 0.201. The third kappa shape index (κ3) is 3.83. The topological polar surface area (TPSA) is 29.9 Å². The van der Waals surface area contributed by atoms with Gasteiger partial charge in [0.15, 0.2) is 0 Å². The molecular weight excluding hydrogens is 246 g/mol. The fourth-order valence-electron chi connectivity index (χ4n) is 2.38. The Morgan fingerprint density at radius 3 is 2.60 bits per heavy atom. The number of nitrogens with one attached hydrogen (secondary N) is 1. The number of imidazole rings is 1. The van der Waals surface area contributed by atoms with Gasteiger partial charge in [-0.1, -0.05) is 19.1 Å². The zero-order chi connectivity index (χ0) is 14.8. The van der Waals surface area contributed by atoms with Crippen LogP contribution in [0, 0.1) is 5.92 Å². The molecule has 0 saturated carbocycles. The highest BCUT2D eigenvalue weighted by molar-refractivity contribution is 5.75. The van der Waals surface area contributed by atoms with Crippen molar-refractivity contribution in [1.29, 1.82) is 0 Å². The zero-order valence-corrected chi connectivity index (χ0v) is 13.4. The summed E-state index contributed by atoms with van der Waals surface area (Å²) in [7, 11) is 2.11. The van der Waals surface area contributed by atoms with Crippen molar-refractivity contribution in [3.8, 4) is 0 Å². The van der Waals surface area contributed by atoms with E-state index in [1.54, 1.807) is 0 Å². The molecule has 3 nitrogen and oxygen atoms in total. The fourth-order valence-corrected chi connectivity index (χ4v) is 2.38. The summed E-state index contributed by atoms with van der Waals surface area (Å²) in [5.74, 6) is 1.85. The third-order valence-corrected chi connectivity index (χ3v) is 3.72. The molecule has 0 saturated heterocycles. The maximum Gasteiger partial charge on any atom is 0.109 e. The second-order valence-electron chi connectivity index (χ2n) is 6.85. The highest BCUT2D eigenvalue weighted by Crippen LogP contribution is 2.17. The van der Waals surface area contributed by atoms with Crippen LogP contribution in [0.3, 0.4) is 0 Å². The van der Waals surface area contributed by atoms with Gasteiger partial charge in [0.25, 0.3) is 0 Å². The number of aromatic nitrogens is 2. The molecule has 1 aromatic carbocycles. The predicted molar refractivity (Wildman–Crippen MR) is 86.0 cm³/mol. The average molecular weight is 273 g/mol. The Kier molecular flexibility index (Phi) is 4.48. The van der Waals surface area contributed by atoms with Gasteiger partial charge in [0.1, 0.15) is 5.82 Å². The summed E-state index contributed by atoms with van der Waals surface area (Å²) in [6.07, 6.45) is 2.21. The maximum atomic E-state index is 4.74. The van der Waals surface area contributed by atoms with Crippen molar-refractivity contribution >= 4 is 11.0 Å². The van der Waals surface area contributed by atoms with Crippen LogP contribution in [0.4, 0.5) is 0 Å². The molecule has 1 N–H and O–H groups in total. The lowest BCUT2D eigenvalue weighted by Gasteiger charge is -2.23. The molecule has 1 aromatic heterocycles. The predicted octanol–water partition coefficient (Wildman–Crippen LogP) is 3.53. The summed E-state index contributed by atoms with van der Waals surface area (Å²) in [5, 5.41) is 3.57. The second kappa shape index (κ2) is 5.96. The summed E-state index contributed by atoms with van der Waals surface area (Å²) < 4.78 is 2.22. The van der Waals surface area contributed by atoms with E-state index in [1.165, 1.54) is 17.8 Å². The van der Waals surface area contributed by atoms with E-state index in [1.807, 2.05) is 0 Å². The Balaban J connectivity index is 1.94. The lowest BCUT2D eigenvalue weighted by Crippen LogP contribution is -2.38. The number of aryl methyl sites for hydroxylation is 2. The number of hydrogen-bond acceptors (Lipinski definition) is 2. The molecule has 0 aliphatic carbocycles. The third-order valence-electron chi connectivity index (χ3n) is 3.72. The van der Waals surface area contributed by atoms with E-state index in [9.17, 15) is 0 Å². The Bertz CT molecular complexity index is 563. The summed E-state index contributed by atoms with van der Waals surface area (Å²) in [6.45, 7) is 10.0. The van der Waals surface area contributed by atoms with E-state index in [2.05, 4.69) is 68.9 Å². The first-order chi connectivity index (χ1) is 9.37. The molecular formula is C17H27N3. The quantitative estimate of drug-likeness (QED) is 0.903. The fraction of sp³-hybridized carbons (Fsp3) is 0.588. The largest absolute Gasteiger partial charge is 0.331 e. The first-order valence-electron chi connectivity index (χ1n) is 7.52. The van der Waals surface area contributed by atoms with Crippen LogP contribution in [0.1, 0.15) is 39.9 Å².